The molecule has 0 aliphatic carbocycles. The van der Waals surface area contributed by atoms with Gasteiger partial charge in [-0.2, -0.15) is 0 Å². The molecule has 3 nitrogen and oxygen atoms in total. The van der Waals surface area contributed by atoms with Crippen LogP contribution in [0.2, 0.25) is 0 Å². The summed E-state index contributed by atoms with van der Waals surface area (Å²) < 4.78 is 0. The van der Waals surface area contributed by atoms with Crippen molar-refractivity contribution < 1.29 is 4.79 Å². The van der Waals surface area contributed by atoms with E-state index in [1.165, 1.54) is 0 Å². The van der Waals surface area contributed by atoms with E-state index in [0.29, 0.717) is 17.2 Å². The fraction of sp³-hybridized carbons (Fsp3) is 0.278. The Bertz CT molecular complexity index is 620. The van der Waals surface area contributed by atoms with E-state index in [1.54, 1.807) is 12.1 Å². The molecule has 21 heavy (non-hydrogen) atoms. The molecule has 2 aromatic rings. The summed E-state index contributed by atoms with van der Waals surface area (Å²) in [6, 6.07) is 15.4. The number of hydrogen-bond donors (Lipinski definition) is 2. The number of nitrogens with one attached hydrogen (secondary N) is 1. The normalized spacial score (nSPS) is 12.2. The maximum Gasteiger partial charge on any atom is 0.252 e. The minimum Gasteiger partial charge on any atom is -0.399 e. The van der Waals surface area contributed by atoms with Crippen molar-refractivity contribution in [3.8, 4) is 0 Å². The highest BCUT2D eigenvalue weighted by Gasteiger charge is 2.19. The quantitative estimate of drug-likeness (QED) is 0.840. The van der Waals surface area contributed by atoms with E-state index in [0.717, 1.165) is 11.1 Å². The van der Waals surface area contributed by atoms with Gasteiger partial charge in [0.25, 0.3) is 5.91 Å². The molecule has 0 spiro atoms. The molecule has 2 rings (SSSR count). The van der Waals surface area contributed by atoms with Gasteiger partial charge in [-0.05, 0) is 42.2 Å². The lowest BCUT2D eigenvalue weighted by Gasteiger charge is -2.23. The lowest BCUT2D eigenvalue weighted by atomic mass is 9.95. The number of carbonyl (C=O) groups excluding carboxylic acids is 1. The third-order valence-corrected chi connectivity index (χ3v) is 3.61. The molecule has 110 valence electrons. The molecule has 3 heteroatoms. The molecule has 0 aliphatic rings. The Balaban J connectivity index is 2.23. The minimum absolute atomic E-state index is 0.00402. The fourth-order valence-electron chi connectivity index (χ4n) is 2.46. The van der Waals surface area contributed by atoms with E-state index < -0.39 is 0 Å². The SMILES string of the molecule is Cc1cc(N)ccc1C(=O)NC(c1ccccc1)C(C)C. The molecule has 1 amide bonds. The molecule has 1 unspecified atom stereocenters. The zero-order valence-electron chi connectivity index (χ0n) is 12.8. The number of nitrogens with two attached hydrogens (primary N) is 1. The van der Waals surface area contributed by atoms with Crippen molar-refractivity contribution in [3.05, 3.63) is 65.2 Å². The van der Waals surface area contributed by atoms with E-state index >= 15 is 0 Å². The molecule has 0 aromatic heterocycles. The summed E-state index contributed by atoms with van der Waals surface area (Å²) in [4.78, 5) is 12.5. The molecular weight excluding hydrogens is 260 g/mol. The first-order valence-electron chi connectivity index (χ1n) is 7.21. The Labute approximate surface area is 126 Å². The summed E-state index contributed by atoms with van der Waals surface area (Å²) in [7, 11) is 0. The van der Waals surface area contributed by atoms with Gasteiger partial charge in [0.15, 0.2) is 0 Å². The van der Waals surface area contributed by atoms with Crippen molar-refractivity contribution in [3.63, 3.8) is 0 Å². The van der Waals surface area contributed by atoms with Crippen LogP contribution in [0.1, 0.15) is 41.4 Å². The van der Waals surface area contributed by atoms with Crippen molar-refractivity contribution in [1.82, 2.24) is 5.32 Å². The second-order valence-corrected chi connectivity index (χ2v) is 5.68. The number of rotatable bonds is 4. The van der Waals surface area contributed by atoms with E-state index in [2.05, 4.69) is 19.2 Å². The Kier molecular flexibility index (Phi) is 4.63. The molecule has 1 atom stereocenters. The molecule has 0 heterocycles. The highest BCUT2D eigenvalue weighted by atomic mass is 16.1. The number of benzene rings is 2. The fourth-order valence-corrected chi connectivity index (χ4v) is 2.46. The summed E-state index contributed by atoms with van der Waals surface area (Å²) in [6.07, 6.45) is 0. The smallest absolute Gasteiger partial charge is 0.252 e. The molecular formula is C18H22N2O. The van der Waals surface area contributed by atoms with Crippen LogP contribution >= 0.6 is 0 Å². The first-order chi connectivity index (χ1) is 9.99. The molecule has 2 aromatic carbocycles. The van der Waals surface area contributed by atoms with Crippen LogP contribution in [0.5, 0.6) is 0 Å². The van der Waals surface area contributed by atoms with E-state index in [-0.39, 0.29) is 11.9 Å². The maximum absolute atomic E-state index is 12.5. The highest BCUT2D eigenvalue weighted by Crippen LogP contribution is 2.22. The number of amides is 1. The molecule has 0 saturated carbocycles. The Hall–Kier alpha value is -2.29. The van der Waals surface area contributed by atoms with Crippen LogP contribution in [0.4, 0.5) is 5.69 Å². The average molecular weight is 282 g/mol. The second kappa shape index (κ2) is 6.44. The standard InChI is InChI=1S/C18H22N2O/c1-12(2)17(14-7-5-4-6-8-14)20-18(21)16-10-9-15(19)11-13(16)3/h4-12,17H,19H2,1-3H3,(H,20,21). The first kappa shape index (κ1) is 15.1. The molecule has 0 saturated heterocycles. The molecule has 0 aliphatic heterocycles. The number of aryl methyl sites for hydroxylation is 1. The van der Waals surface area contributed by atoms with E-state index in [9.17, 15) is 4.79 Å². The summed E-state index contributed by atoms with van der Waals surface area (Å²) >= 11 is 0. The van der Waals surface area contributed by atoms with Crippen molar-refractivity contribution in [2.24, 2.45) is 5.92 Å². The van der Waals surface area contributed by atoms with Crippen LogP contribution in [0.15, 0.2) is 48.5 Å². The summed E-state index contributed by atoms with van der Waals surface area (Å²) in [5.41, 5.74) is 9.09. The van der Waals surface area contributed by atoms with Gasteiger partial charge in [0, 0.05) is 11.3 Å². The average Bonchev–Trinajstić information content (AvgIpc) is 2.45. The van der Waals surface area contributed by atoms with Gasteiger partial charge < -0.3 is 11.1 Å². The van der Waals surface area contributed by atoms with Gasteiger partial charge in [0.05, 0.1) is 6.04 Å². The van der Waals surface area contributed by atoms with Crippen LogP contribution < -0.4 is 11.1 Å². The Morgan fingerprint density at radius 2 is 1.76 bits per heavy atom. The van der Waals surface area contributed by atoms with Crippen molar-refractivity contribution in [2.75, 3.05) is 5.73 Å². The summed E-state index contributed by atoms with van der Waals surface area (Å²) in [5, 5.41) is 3.13. The molecule has 0 radical (unpaired) electrons. The molecule has 0 bridgehead atoms. The largest absolute Gasteiger partial charge is 0.399 e. The minimum atomic E-state index is -0.0601. The zero-order chi connectivity index (χ0) is 15.4. The van der Waals surface area contributed by atoms with Crippen LogP contribution in [0.3, 0.4) is 0 Å². The van der Waals surface area contributed by atoms with E-state index in [4.69, 9.17) is 5.73 Å². The van der Waals surface area contributed by atoms with Crippen LogP contribution in [-0.4, -0.2) is 5.91 Å². The predicted molar refractivity (Wildman–Crippen MR) is 87.1 cm³/mol. The lowest BCUT2D eigenvalue weighted by molar-refractivity contribution is 0.0925. The van der Waals surface area contributed by atoms with Gasteiger partial charge >= 0.3 is 0 Å². The van der Waals surface area contributed by atoms with Crippen molar-refractivity contribution in [2.45, 2.75) is 26.8 Å². The maximum atomic E-state index is 12.5. The molecule has 0 fully saturated rings. The van der Waals surface area contributed by atoms with E-state index in [1.807, 2.05) is 43.3 Å². The number of anilines is 1. The van der Waals surface area contributed by atoms with Gasteiger partial charge in [0.1, 0.15) is 0 Å². The third-order valence-electron chi connectivity index (χ3n) is 3.61. The number of carbonyl (C=O) groups is 1. The monoisotopic (exact) mass is 282 g/mol. The van der Waals surface area contributed by atoms with Crippen LogP contribution in [0.25, 0.3) is 0 Å². The van der Waals surface area contributed by atoms with Gasteiger partial charge in [-0.3, -0.25) is 4.79 Å². The Morgan fingerprint density at radius 3 is 2.33 bits per heavy atom. The third kappa shape index (κ3) is 3.63. The van der Waals surface area contributed by atoms with Crippen LogP contribution in [0, 0.1) is 12.8 Å². The molecule has 3 N–H and O–H groups in total. The first-order valence-corrected chi connectivity index (χ1v) is 7.21. The number of hydrogen-bond acceptors (Lipinski definition) is 2. The topological polar surface area (TPSA) is 55.1 Å². The lowest BCUT2D eigenvalue weighted by Crippen LogP contribution is -2.32. The Morgan fingerprint density at radius 1 is 1.10 bits per heavy atom. The van der Waals surface area contributed by atoms with Gasteiger partial charge in [-0.25, -0.2) is 0 Å². The van der Waals surface area contributed by atoms with Gasteiger partial charge in [-0.1, -0.05) is 44.2 Å². The second-order valence-electron chi connectivity index (χ2n) is 5.68. The highest BCUT2D eigenvalue weighted by molar-refractivity contribution is 5.96. The summed E-state index contributed by atoms with van der Waals surface area (Å²) in [6.45, 7) is 6.11. The van der Waals surface area contributed by atoms with Crippen molar-refractivity contribution >= 4 is 11.6 Å². The van der Waals surface area contributed by atoms with Gasteiger partial charge in [0.2, 0.25) is 0 Å². The summed E-state index contributed by atoms with van der Waals surface area (Å²) in [5.74, 6) is 0.250. The van der Waals surface area contributed by atoms with Crippen molar-refractivity contribution in [1.29, 1.82) is 0 Å². The number of nitrogen functional groups attached to an aromatic ring is 1. The predicted octanol–water partition coefficient (Wildman–Crippen LogP) is 3.70. The van der Waals surface area contributed by atoms with Gasteiger partial charge in [-0.15, -0.1) is 0 Å². The zero-order valence-corrected chi connectivity index (χ0v) is 12.8. The van der Waals surface area contributed by atoms with Crippen LogP contribution in [-0.2, 0) is 0 Å².